The van der Waals surface area contributed by atoms with Gasteiger partial charge in [0.15, 0.2) is 0 Å². The second-order valence-corrected chi connectivity index (χ2v) is 7.14. The van der Waals surface area contributed by atoms with Gasteiger partial charge in [0.1, 0.15) is 5.82 Å². The number of nitrogens with one attached hydrogen (secondary N) is 3. The van der Waals surface area contributed by atoms with Crippen LogP contribution in [0, 0.1) is 11.7 Å². The van der Waals surface area contributed by atoms with E-state index in [0.29, 0.717) is 31.6 Å². The molecular formula is C19H26FN3O2. The number of rotatable bonds is 8. The van der Waals surface area contributed by atoms with Crippen molar-refractivity contribution >= 4 is 11.9 Å². The van der Waals surface area contributed by atoms with Crippen molar-refractivity contribution in [1.29, 1.82) is 0 Å². The van der Waals surface area contributed by atoms with Crippen molar-refractivity contribution in [2.75, 3.05) is 19.6 Å². The van der Waals surface area contributed by atoms with Gasteiger partial charge in [0.05, 0.1) is 0 Å². The summed E-state index contributed by atoms with van der Waals surface area (Å²) >= 11 is 0. The van der Waals surface area contributed by atoms with Gasteiger partial charge in [0.2, 0.25) is 5.91 Å². The number of urea groups is 1. The summed E-state index contributed by atoms with van der Waals surface area (Å²) in [7, 11) is 0. The molecule has 25 heavy (non-hydrogen) atoms. The van der Waals surface area contributed by atoms with Crippen LogP contribution in [0.5, 0.6) is 0 Å². The second kappa shape index (κ2) is 7.85. The van der Waals surface area contributed by atoms with Crippen molar-refractivity contribution in [2.24, 2.45) is 5.92 Å². The molecule has 1 aromatic carbocycles. The number of hydrogen-bond acceptors (Lipinski definition) is 2. The molecule has 2 fully saturated rings. The third-order valence-electron chi connectivity index (χ3n) is 5.30. The summed E-state index contributed by atoms with van der Waals surface area (Å²) in [5.41, 5.74) is 0.438. The Morgan fingerprint density at radius 1 is 1.08 bits per heavy atom. The summed E-state index contributed by atoms with van der Waals surface area (Å²) in [5, 5.41) is 8.53. The van der Waals surface area contributed by atoms with E-state index in [9.17, 15) is 14.0 Å². The predicted molar refractivity (Wildman–Crippen MR) is 93.7 cm³/mol. The molecule has 0 saturated heterocycles. The first-order valence-corrected chi connectivity index (χ1v) is 9.15. The maximum atomic E-state index is 13.9. The van der Waals surface area contributed by atoms with E-state index in [1.165, 1.54) is 6.07 Å². The van der Waals surface area contributed by atoms with Crippen LogP contribution < -0.4 is 16.0 Å². The maximum Gasteiger partial charge on any atom is 0.314 e. The smallest absolute Gasteiger partial charge is 0.314 e. The quantitative estimate of drug-likeness (QED) is 0.632. The number of halogens is 1. The molecule has 0 heterocycles. The molecule has 0 atom stereocenters. The minimum Gasteiger partial charge on any atom is -0.356 e. The molecule has 2 aliphatic rings. The van der Waals surface area contributed by atoms with Crippen LogP contribution in [0.3, 0.4) is 0 Å². The molecule has 0 bridgehead atoms. The van der Waals surface area contributed by atoms with Gasteiger partial charge in [0.25, 0.3) is 0 Å². The molecule has 136 valence electrons. The lowest BCUT2D eigenvalue weighted by Gasteiger charge is -2.24. The van der Waals surface area contributed by atoms with Crippen LogP contribution in [-0.4, -0.2) is 31.6 Å². The summed E-state index contributed by atoms with van der Waals surface area (Å²) in [5.74, 6) is 0.130. The van der Waals surface area contributed by atoms with Gasteiger partial charge >= 0.3 is 6.03 Å². The lowest BCUT2D eigenvalue weighted by molar-refractivity contribution is -0.127. The summed E-state index contributed by atoms with van der Waals surface area (Å²) in [6, 6.07) is 6.53. The molecule has 0 spiro atoms. The van der Waals surface area contributed by atoms with Crippen LogP contribution in [-0.2, 0) is 10.2 Å². The lowest BCUT2D eigenvalue weighted by atomic mass is 9.85. The van der Waals surface area contributed by atoms with Crippen LogP contribution >= 0.6 is 0 Å². The third kappa shape index (κ3) is 4.50. The summed E-state index contributed by atoms with van der Waals surface area (Å²) < 4.78 is 13.9. The zero-order chi connectivity index (χ0) is 17.7. The molecule has 5 nitrogen and oxygen atoms in total. The van der Waals surface area contributed by atoms with E-state index in [1.807, 2.05) is 6.07 Å². The molecule has 0 aromatic heterocycles. The lowest BCUT2D eigenvalue weighted by Crippen LogP contribution is -2.41. The topological polar surface area (TPSA) is 70.2 Å². The van der Waals surface area contributed by atoms with Crippen molar-refractivity contribution in [1.82, 2.24) is 16.0 Å². The van der Waals surface area contributed by atoms with Gasteiger partial charge in [-0.25, -0.2) is 9.18 Å². The van der Waals surface area contributed by atoms with E-state index in [2.05, 4.69) is 16.0 Å². The van der Waals surface area contributed by atoms with Crippen molar-refractivity contribution in [3.63, 3.8) is 0 Å². The molecule has 0 radical (unpaired) electrons. The third-order valence-corrected chi connectivity index (χ3v) is 5.30. The van der Waals surface area contributed by atoms with Crippen LogP contribution in [0.15, 0.2) is 24.3 Å². The van der Waals surface area contributed by atoms with E-state index < -0.39 is 0 Å². The van der Waals surface area contributed by atoms with Gasteiger partial charge in [-0.15, -0.1) is 0 Å². The molecule has 6 heteroatoms. The first-order chi connectivity index (χ1) is 12.1. The fraction of sp³-hybridized carbons (Fsp3) is 0.579. The van der Waals surface area contributed by atoms with Crippen LogP contribution in [0.4, 0.5) is 9.18 Å². The molecule has 1 aromatic rings. The van der Waals surface area contributed by atoms with E-state index in [0.717, 1.165) is 32.1 Å². The van der Waals surface area contributed by atoms with Crippen LogP contribution in [0.2, 0.25) is 0 Å². The van der Waals surface area contributed by atoms with Gasteiger partial charge in [-0.05, 0) is 43.7 Å². The minimum absolute atomic E-state index is 0.135. The standard InChI is InChI=1S/C19H26FN3O2/c20-16-8-2-1-7-15(16)19(9-10-19)13-23-18(25)22-12-4-11-21-17(24)14-5-3-6-14/h1-2,7-8,14H,3-6,9-13H2,(H,21,24)(H2,22,23,25). The highest BCUT2D eigenvalue weighted by Crippen LogP contribution is 2.48. The number of benzene rings is 1. The molecule has 0 unspecified atom stereocenters. The van der Waals surface area contributed by atoms with Crippen molar-refractivity contribution in [3.8, 4) is 0 Å². The van der Waals surface area contributed by atoms with E-state index in [-0.39, 0.29) is 29.1 Å². The van der Waals surface area contributed by atoms with Crippen LogP contribution in [0.25, 0.3) is 0 Å². The summed E-state index contributed by atoms with van der Waals surface area (Å²) in [4.78, 5) is 23.6. The Kier molecular flexibility index (Phi) is 5.56. The van der Waals surface area contributed by atoms with Gasteiger partial charge in [0, 0.05) is 31.0 Å². The number of amides is 3. The first kappa shape index (κ1) is 17.7. The van der Waals surface area contributed by atoms with Gasteiger partial charge in [-0.3, -0.25) is 4.79 Å². The molecule has 3 amide bonds. The monoisotopic (exact) mass is 347 g/mol. The fourth-order valence-corrected chi connectivity index (χ4v) is 3.21. The average Bonchev–Trinajstić information content (AvgIpc) is 3.32. The Labute approximate surface area is 147 Å². The zero-order valence-electron chi connectivity index (χ0n) is 14.4. The van der Waals surface area contributed by atoms with Crippen molar-refractivity contribution in [2.45, 2.75) is 43.9 Å². The predicted octanol–water partition coefficient (Wildman–Crippen LogP) is 2.46. The fourth-order valence-electron chi connectivity index (χ4n) is 3.21. The average molecular weight is 347 g/mol. The normalized spacial score (nSPS) is 18.1. The zero-order valence-corrected chi connectivity index (χ0v) is 14.4. The number of carbonyl (C=O) groups excluding carboxylic acids is 2. The Morgan fingerprint density at radius 2 is 1.80 bits per heavy atom. The molecule has 0 aliphatic heterocycles. The Morgan fingerprint density at radius 3 is 2.44 bits per heavy atom. The SMILES string of the molecule is O=C(NCCCNC(=O)C1CCC1)NCC1(c2ccccc2F)CC1. The Bertz CT molecular complexity index is 627. The van der Waals surface area contributed by atoms with Gasteiger partial charge in [-0.2, -0.15) is 0 Å². The summed E-state index contributed by atoms with van der Waals surface area (Å²) in [6.07, 6.45) is 5.62. The highest BCUT2D eigenvalue weighted by Gasteiger charge is 2.45. The van der Waals surface area contributed by atoms with Gasteiger partial charge < -0.3 is 16.0 Å². The first-order valence-electron chi connectivity index (χ1n) is 9.15. The maximum absolute atomic E-state index is 13.9. The van der Waals surface area contributed by atoms with Crippen molar-refractivity contribution < 1.29 is 14.0 Å². The van der Waals surface area contributed by atoms with E-state index in [4.69, 9.17) is 0 Å². The highest BCUT2D eigenvalue weighted by atomic mass is 19.1. The Hall–Kier alpha value is -2.11. The highest BCUT2D eigenvalue weighted by molar-refractivity contribution is 5.79. The largest absolute Gasteiger partial charge is 0.356 e. The number of hydrogen-bond donors (Lipinski definition) is 3. The minimum atomic E-state index is -0.251. The van der Waals surface area contributed by atoms with E-state index in [1.54, 1.807) is 12.1 Å². The Balaban J connectivity index is 1.31. The molecule has 3 N–H and O–H groups in total. The molecule has 2 saturated carbocycles. The molecular weight excluding hydrogens is 321 g/mol. The molecule has 3 rings (SSSR count). The number of carbonyl (C=O) groups is 2. The van der Waals surface area contributed by atoms with Crippen LogP contribution in [0.1, 0.15) is 44.1 Å². The van der Waals surface area contributed by atoms with Crippen molar-refractivity contribution in [3.05, 3.63) is 35.6 Å². The van der Waals surface area contributed by atoms with Gasteiger partial charge in [-0.1, -0.05) is 24.6 Å². The second-order valence-electron chi connectivity index (χ2n) is 7.14. The van der Waals surface area contributed by atoms with E-state index >= 15 is 0 Å². The molecule has 2 aliphatic carbocycles. The summed E-state index contributed by atoms with van der Waals surface area (Å²) in [6.45, 7) is 1.52.